The van der Waals surface area contributed by atoms with E-state index in [0.717, 1.165) is 28.9 Å². The summed E-state index contributed by atoms with van der Waals surface area (Å²) in [5.41, 5.74) is 3.09. The number of imidazole rings is 1. The zero-order valence-electron chi connectivity index (χ0n) is 19.5. The van der Waals surface area contributed by atoms with Crippen molar-refractivity contribution in [1.29, 1.82) is 0 Å². The molecule has 2 aromatic heterocycles. The van der Waals surface area contributed by atoms with E-state index in [1.165, 1.54) is 17.2 Å². The molecule has 0 amide bonds. The Bertz CT molecular complexity index is 1480. The molecule has 0 radical (unpaired) electrons. The minimum absolute atomic E-state index is 0.354. The predicted molar refractivity (Wildman–Crippen MR) is 133 cm³/mol. The SMILES string of the molecule is CN(CCN1N=C(c2ccccc2)Cn2c1nc1c2c(=O)n(C)c(=O)n1C)Cc1ccccc1. The summed E-state index contributed by atoms with van der Waals surface area (Å²) in [5.74, 6) is 0.570. The van der Waals surface area contributed by atoms with Gasteiger partial charge in [-0.2, -0.15) is 10.1 Å². The molecule has 0 unspecified atom stereocenters. The fraction of sp³-hybridized carbons (Fsp3) is 0.280. The van der Waals surface area contributed by atoms with Crippen LogP contribution in [0.1, 0.15) is 11.1 Å². The molecular weight excluding hydrogens is 430 g/mol. The van der Waals surface area contributed by atoms with Crippen LogP contribution in [-0.2, 0) is 27.2 Å². The second-order valence-corrected chi connectivity index (χ2v) is 8.64. The van der Waals surface area contributed by atoms with Crippen LogP contribution in [0.25, 0.3) is 11.2 Å². The number of hydrogen-bond donors (Lipinski definition) is 0. The standard InChI is InChI=1S/C25H27N7O2/c1-28(16-18-10-6-4-7-11-18)14-15-32-24-26-22-21(23(33)30(3)25(34)29(22)2)31(24)17-20(27-32)19-12-8-5-9-13-19/h4-13H,14-17H2,1-3H3. The largest absolute Gasteiger partial charge is 0.332 e. The molecule has 5 rings (SSSR count). The molecule has 9 heteroatoms. The maximum atomic E-state index is 13.1. The molecule has 9 nitrogen and oxygen atoms in total. The molecule has 0 aliphatic carbocycles. The maximum absolute atomic E-state index is 13.1. The lowest BCUT2D eigenvalue weighted by Crippen LogP contribution is -2.38. The van der Waals surface area contributed by atoms with Gasteiger partial charge in [0.05, 0.1) is 18.8 Å². The molecule has 3 heterocycles. The van der Waals surface area contributed by atoms with Gasteiger partial charge in [0.15, 0.2) is 11.2 Å². The van der Waals surface area contributed by atoms with Crippen molar-refractivity contribution in [2.75, 3.05) is 25.1 Å². The molecular formula is C25H27N7O2. The van der Waals surface area contributed by atoms with E-state index in [4.69, 9.17) is 10.1 Å². The number of anilines is 1. The Hall–Kier alpha value is -3.98. The van der Waals surface area contributed by atoms with Gasteiger partial charge in [-0.15, -0.1) is 0 Å². The van der Waals surface area contributed by atoms with Crippen LogP contribution in [0, 0.1) is 0 Å². The first-order chi connectivity index (χ1) is 16.4. The van der Waals surface area contributed by atoms with Gasteiger partial charge in [-0.3, -0.25) is 18.5 Å². The van der Waals surface area contributed by atoms with Gasteiger partial charge in [-0.25, -0.2) is 9.80 Å². The highest BCUT2D eigenvalue weighted by Gasteiger charge is 2.27. The van der Waals surface area contributed by atoms with Crippen LogP contribution in [0.4, 0.5) is 5.95 Å². The summed E-state index contributed by atoms with van der Waals surface area (Å²) in [6.45, 7) is 2.53. The Morgan fingerprint density at radius 3 is 2.32 bits per heavy atom. The molecule has 0 saturated carbocycles. The average Bonchev–Trinajstić information content (AvgIpc) is 3.26. The molecule has 0 N–H and O–H groups in total. The first kappa shape index (κ1) is 21.8. The van der Waals surface area contributed by atoms with Gasteiger partial charge in [0, 0.05) is 27.2 Å². The monoisotopic (exact) mass is 457 g/mol. The van der Waals surface area contributed by atoms with E-state index in [0.29, 0.717) is 30.2 Å². The number of hydrazone groups is 1. The van der Waals surface area contributed by atoms with Crippen molar-refractivity contribution in [1.82, 2.24) is 23.6 Å². The number of benzene rings is 2. The van der Waals surface area contributed by atoms with Crippen LogP contribution in [0.5, 0.6) is 0 Å². The lowest BCUT2D eigenvalue weighted by molar-refractivity contribution is 0.331. The van der Waals surface area contributed by atoms with Crippen LogP contribution in [0.15, 0.2) is 75.4 Å². The number of nitrogens with zero attached hydrogens (tertiary/aromatic N) is 7. The molecule has 1 aliphatic rings. The van der Waals surface area contributed by atoms with Gasteiger partial charge in [-0.1, -0.05) is 60.7 Å². The minimum Gasteiger partial charge on any atom is -0.300 e. The van der Waals surface area contributed by atoms with E-state index in [9.17, 15) is 9.59 Å². The highest BCUT2D eigenvalue weighted by molar-refractivity contribution is 6.02. The van der Waals surface area contributed by atoms with Crippen LogP contribution in [0.2, 0.25) is 0 Å². The number of likely N-dealkylation sites (N-methyl/N-ethyl adjacent to an activating group) is 1. The zero-order chi connectivity index (χ0) is 23.8. The third-order valence-corrected chi connectivity index (χ3v) is 6.20. The lowest BCUT2D eigenvalue weighted by atomic mass is 10.1. The van der Waals surface area contributed by atoms with Crippen LogP contribution in [0.3, 0.4) is 0 Å². The molecule has 0 atom stereocenters. The average molecular weight is 458 g/mol. The van der Waals surface area contributed by atoms with Gasteiger partial charge >= 0.3 is 5.69 Å². The minimum atomic E-state index is -0.397. The van der Waals surface area contributed by atoms with Crippen molar-refractivity contribution in [3.8, 4) is 0 Å². The maximum Gasteiger partial charge on any atom is 0.332 e. The summed E-state index contributed by atoms with van der Waals surface area (Å²) in [5, 5.41) is 6.76. The number of fused-ring (bicyclic) bond motifs is 3. The smallest absolute Gasteiger partial charge is 0.300 e. The summed E-state index contributed by atoms with van der Waals surface area (Å²) in [6, 6.07) is 20.2. The van der Waals surface area contributed by atoms with Crippen LogP contribution in [-0.4, -0.2) is 49.4 Å². The third kappa shape index (κ3) is 3.84. The van der Waals surface area contributed by atoms with Gasteiger partial charge in [0.25, 0.3) is 5.56 Å². The van der Waals surface area contributed by atoms with E-state index in [1.54, 1.807) is 7.05 Å². The topological polar surface area (TPSA) is 80.7 Å². The van der Waals surface area contributed by atoms with Crippen molar-refractivity contribution >= 4 is 22.8 Å². The summed E-state index contributed by atoms with van der Waals surface area (Å²) in [6.07, 6.45) is 0. The normalized spacial score (nSPS) is 13.4. The second-order valence-electron chi connectivity index (χ2n) is 8.64. The van der Waals surface area contributed by atoms with Gasteiger partial charge in [0.2, 0.25) is 5.95 Å². The predicted octanol–water partition coefficient (Wildman–Crippen LogP) is 1.79. The van der Waals surface area contributed by atoms with E-state index >= 15 is 0 Å². The number of aromatic nitrogens is 4. The number of rotatable bonds is 6. The van der Waals surface area contributed by atoms with Crippen molar-refractivity contribution in [2.24, 2.45) is 19.2 Å². The first-order valence-electron chi connectivity index (χ1n) is 11.2. The molecule has 2 aromatic carbocycles. The molecule has 0 fully saturated rings. The second kappa shape index (κ2) is 8.75. The molecule has 174 valence electrons. The van der Waals surface area contributed by atoms with Crippen LogP contribution < -0.4 is 16.3 Å². The Morgan fingerprint density at radius 2 is 1.62 bits per heavy atom. The lowest BCUT2D eigenvalue weighted by Gasteiger charge is -2.28. The van der Waals surface area contributed by atoms with E-state index in [1.807, 2.05) is 58.1 Å². The fourth-order valence-corrected chi connectivity index (χ4v) is 4.32. The summed E-state index contributed by atoms with van der Waals surface area (Å²) < 4.78 is 4.43. The van der Waals surface area contributed by atoms with Gasteiger partial charge in [-0.05, 0) is 18.2 Å². The number of aryl methyl sites for hydroxylation is 1. The van der Waals surface area contributed by atoms with Crippen LogP contribution >= 0.6 is 0 Å². The summed E-state index contributed by atoms with van der Waals surface area (Å²) in [7, 11) is 5.21. The van der Waals surface area contributed by atoms with Gasteiger partial charge < -0.3 is 4.90 Å². The quantitative estimate of drug-likeness (QED) is 0.441. The molecule has 4 aromatic rings. The van der Waals surface area contributed by atoms with Crippen molar-refractivity contribution < 1.29 is 0 Å². The first-order valence-corrected chi connectivity index (χ1v) is 11.2. The Balaban J connectivity index is 1.54. The van der Waals surface area contributed by atoms with E-state index in [-0.39, 0.29) is 5.56 Å². The molecule has 1 aliphatic heterocycles. The van der Waals surface area contributed by atoms with E-state index in [2.05, 4.69) is 24.1 Å². The highest BCUT2D eigenvalue weighted by atomic mass is 16.2. The van der Waals surface area contributed by atoms with Crippen molar-refractivity contribution in [3.63, 3.8) is 0 Å². The Kier molecular flexibility index (Phi) is 5.62. The highest BCUT2D eigenvalue weighted by Crippen LogP contribution is 2.25. The third-order valence-electron chi connectivity index (χ3n) is 6.20. The van der Waals surface area contributed by atoms with Crippen molar-refractivity contribution in [3.05, 3.63) is 92.6 Å². The molecule has 34 heavy (non-hydrogen) atoms. The molecule has 0 bridgehead atoms. The molecule has 0 saturated heterocycles. The fourth-order valence-electron chi connectivity index (χ4n) is 4.32. The summed E-state index contributed by atoms with van der Waals surface area (Å²) in [4.78, 5) is 32.5. The van der Waals surface area contributed by atoms with Gasteiger partial charge in [0.1, 0.15) is 0 Å². The van der Waals surface area contributed by atoms with E-state index < -0.39 is 5.69 Å². The van der Waals surface area contributed by atoms with Crippen molar-refractivity contribution in [2.45, 2.75) is 13.1 Å². The Morgan fingerprint density at radius 1 is 0.941 bits per heavy atom. The number of hydrogen-bond acceptors (Lipinski definition) is 6. The molecule has 0 spiro atoms. The Labute approximate surface area is 196 Å². The summed E-state index contributed by atoms with van der Waals surface area (Å²) >= 11 is 0. The zero-order valence-corrected chi connectivity index (χ0v) is 19.5.